The summed E-state index contributed by atoms with van der Waals surface area (Å²) in [6.45, 7) is -0.000977. The van der Waals surface area contributed by atoms with Crippen molar-refractivity contribution in [2.75, 3.05) is 18.9 Å². The van der Waals surface area contributed by atoms with Crippen LogP contribution in [0.1, 0.15) is 4.88 Å². The molecule has 0 unspecified atom stereocenters. The topological polar surface area (TPSA) is 152 Å². The van der Waals surface area contributed by atoms with Gasteiger partial charge in [-0.15, -0.1) is 11.3 Å². The molecule has 3 aromatic heterocycles. The first-order valence-corrected chi connectivity index (χ1v) is 9.31. The van der Waals surface area contributed by atoms with Crippen LogP contribution in [0.2, 0.25) is 0 Å². The number of hydrogen-bond acceptors (Lipinski definition) is 10. The summed E-state index contributed by atoms with van der Waals surface area (Å²) in [4.78, 5) is 13.5. The number of anilines is 1. The summed E-state index contributed by atoms with van der Waals surface area (Å²) >= 11 is 1.62. The third kappa shape index (κ3) is 2.98. The van der Waals surface area contributed by atoms with E-state index in [9.17, 15) is 15.3 Å². The Kier molecular flexibility index (Phi) is 4.80. The highest BCUT2D eigenvalue weighted by Crippen LogP contribution is 2.35. The molecule has 10 nitrogen and oxygen atoms in total. The number of nitrogens with two attached hydrogens (primary N) is 1. The van der Waals surface area contributed by atoms with Gasteiger partial charge in [-0.05, 0) is 17.9 Å². The number of nitrogen functional groups attached to an aromatic ring is 1. The first-order chi connectivity index (χ1) is 13.1. The predicted molar refractivity (Wildman–Crippen MR) is 97.7 cm³/mol. The van der Waals surface area contributed by atoms with Crippen molar-refractivity contribution >= 4 is 28.3 Å². The number of aromatic nitrogens is 4. The molecule has 1 aliphatic rings. The zero-order chi connectivity index (χ0) is 19.0. The molecule has 0 aliphatic carbocycles. The van der Waals surface area contributed by atoms with Crippen LogP contribution in [-0.4, -0.2) is 66.3 Å². The number of fused-ring (bicyclic) bond motifs is 1. The molecule has 1 saturated heterocycles. The van der Waals surface area contributed by atoms with Gasteiger partial charge in [0.05, 0.1) is 6.61 Å². The first kappa shape index (κ1) is 18.2. The molecule has 3 aromatic rings. The Bertz CT molecular complexity index is 919. The molecule has 0 spiro atoms. The second kappa shape index (κ2) is 7.11. The van der Waals surface area contributed by atoms with Crippen LogP contribution < -0.4 is 11.1 Å². The summed E-state index contributed by atoms with van der Waals surface area (Å²) in [5.74, 6) is -1.36. The number of hydrogen-bond donors (Lipinski definition) is 5. The maximum absolute atomic E-state index is 10.8. The Balaban J connectivity index is 1.72. The number of aliphatic hydroxyl groups excluding tert-OH is 3. The van der Waals surface area contributed by atoms with E-state index in [1.807, 2.05) is 17.5 Å². The van der Waals surface area contributed by atoms with Crippen LogP contribution in [0.4, 0.5) is 5.82 Å². The van der Waals surface area contributed by atoms with E-state index >= 15 is 0 Å². The summed E-state index contributed by atoms with van der Waals surface area (Å²) in [6.07, 6.45) is -0.225. The number of nitrogens with one attached hydrogen (secondary N) is 1. The second-order valence-corrected chi connectivity index (χ2v) is 7.30. The molecule has 6 N–H and O–H groups in total. The summed E-state index contributed by atoms with van der Waals surface area (Å²) < 4.78 is 7.38. The normalized spacial score (nSPS) is 28.2. The second-order valence-electron chi connectivity index (χ2n) is 6.27. The van der Waals surface area contributed by atoms with E-state index in [2.05, 4.69) is 20.3 Å². The SMILES string of the molecule is Nc1ncnc2c1ncn2[C@]1(NCCc2cccs2)O[C@H](CO)[C@@H](O)[C@H]1O. The molecule has 4 rings (SSSR count). The van der Waals surface area contributed by atoms with Crippen LogP contribution in [0.3, 0.4) is 0 Å². The van der Waals surface area contributed by atoms with Gasteiger partial charge in [0.25, 0.3) is 0 Å². The van der Waals surface area contributed by atoms with Gasteiger partial charge in [0.2, 0.25) is 5.85 Å². The molecule has 4 heterocycles. The lowest BCUT2D eigenvalue weighted by atomic mass is 10.1. The third-order valence-electron chi connectivity index (χ3n) is 4.67. The fourth-order valence-corrected chi connectivity index (χ4v) is 4.01. The molecule has 0 amide bonds. The third-order valence-corrected chi connectivity index (χ3v) is 5.60. The van der Waals surface area contributed by atoms with E-state index in [1.165, 1.54) is 17.2 Å². The van der Waals surface area contributed by atoms with Crippen LogP contribution in [0.15, 0.2) is 30.2 Å². The van der Waals surface area contributed by atoms with E-state index in [0.717, 1.165) is 4.88 Å². The number of thiophene rings is 1. The lowest BCUT2D eigenvalue weighted by Gasteiger charge is -2.34. The van der Waals surface area contributed by atoms with Gasteiger partial charge in [-0.3, -0.25) is 9.88 Å². The van der Waals surface area contributed by atoms with Gasteiger partial charge in [-0.1, -0.05) is 6.07 Å². The van der Waals surface area contributed by atoms with Gasteiger partial charge in [0.15, 0.2) is 11.5 Å². The maximum Gasteiger partial charge on any atom is 0.234 e. The predicted octanol–water partition coefficient (Wildman–Crippen LogP) is -0.975. The van der Waals surface area contributed by atoms with Crippen molar-refractivity contribution in [3.63, 3.8) is 0 Å². The van der Waals surface area contributed by atoms with Crippen molar-refractivity contribution < 1.29 is 20.1 Å². The molecule has 11 heteroatoms. The number of ether oxygens (including phenoxy) is 1. The molecule has 27 heavy (non-hydrogen) atoms. The van der Waals surface area contributed by atoms with Crippen LogP contribution >= 0.6 is 11.3 Å². The Labute approximate surface area is 158 Å². The monoisotopic (exact) mass is 392 g/mol. The summed E-state index contributed by atoms with van der Waals surface area (Å²) in [6, 6.07) is 3.97. The van der Waals surface area contributed by atoms with Gasteiger partial charge in [-0.2, -0.15) is 0 Å². The highest BCUT2D eigenvalue weighted by atomic mass is 32.1. The number of imidazole rings is 1. The van der Waals surface area contributed by atoms with Crippen molar-refractivity contribution in [2.45, 2.75) is 30.6 Å². The number of aliphatic hydroxyl groups is 3. The number of rotatable bonds is 6. The standard InChI is InChI=1S/C16H20N6O4S/c17-14-11-15(19-7-18-14)22(8-20-11)16(13(25)12(24)10(6-23)26-16)21-4-3-9-2-1-5-27-9/h1-2,5,7-8,10,12-13,21,23-25H,3-4,6H2,(H2,17,18,19)/t10-,12-,13-,16+/m1/s1. The van der Waals surface area contributed by atoms with Gasteiger partial charge < -0.3 is 25.8 Å². The largest absolute Gasteiger partial charge is 0.394 e. The van der Waals surface area contributed by atoms with Crippen molar-refractivity contribution in [1.82, 2.24) is 24.8 Å². The molecule has 144 valence electrons. The van der Waals surface area contributed by atoms with E-state index < -0.39 is 30.8 Å². The van der Waals surface area contributed by atoms with E-state index in [0.29, 0.717) is 24.1 Å². The smallest absolute Gasteiger partial charge is 0.234 e. The quantitative estimate of drug-likeness (QED) is 0.357. The van der Waals surface area contributed by atoms with Crippen LogP contribution in [0, 0.1) is 0 Å². The highest BCUT2D eigenvalue weighted by molar-refractivity contribution is 7.09. The van der Waals surface area contributed by atoms with Crippen LogP contribution in [-0.2, 0) is 17.0 Å². The Morgan fingerprint density at radius 1 is 1.33 bits per heavy atom. The fourth-order valence-electron chi connectivity index (χ4n) is 3.30. The highest BCUT2D eigenvalue weighted by Gasteiger charge is 2.56. The minimum atomic E-state index is -1.56. The average molecular weight is 392 g/mol. The Morgan fingerprint density at radius 2 is 2.19 bits per heavy atom. The maximum atomic E-state index is 10.8. The first-order valence-electron chi connectivity index (χ1n) is 8.43. The van der Waals surface area contributed by atoms with Gasteiger partial charge >= 0.3 is 0 Å². The van der Waals surface area contributed by atoms with E-state index in [1.54, 1.807) is 11.3 Å². The summed E-state index contributed by atoms with van der Waals surface area (Å²) in [7, 11) is 0. The zero-order valence-corrected chi connectivity index (χ0v) is 15.1. The zero-order valence-electron chi connectivity index (χ0n) is 14.3. The molecule has 0 saturated carbocycles. The van der Waals surface area contributed by atoms with E-state index in [-0.39, 0.29) is 5.82 Å². The van der Waals surface area contributed by atoms with Crippen molar-refractivity contribution in [1.29, 1.82) is 0 Å². The van der Waals surface area contributed by atoms with E-state index in [4.69, 9.17) is 10.5 Å². The summed E-state index contributed by atoms with van der Waals surface area (Å²) in [5, 5.41) is 35.8. The summed E-state index contributed by atoms with van der Waals surface area (Å²) in [5.41, 5.74) is 6.55. The molecule has 1 aliphatic heterocycles. The molecule has 0 bridgehead atoms. The molecule has 1 fully saturated rings. The fraction of sp³-hybridized carbons (Fsp3) is 0.438. The van der Waals surface area contributed by atoms with Gasteiger partial charge in [-0.25, -0.2) is 15.0 Å². The average Bonchev–Trinajstić information content (AvgIpc) is 3.38. The molecular formula is C16H20N6O4S. The van der Waals surface area contributed by atoms with Crippen molar-refractivity contribution in [3.8, 4) is 0 Å². The molecule has 4 atom stereocenters. The Morgan fingerprint density at radius 3 is 2.89 bits per heavy atom. The minimum Gasteiger partial charge on any atom is -0.394 e. The lowest BCUT2D eigenvalue weighted by Crippen LogP contribution is -2.56. The minimum absolute atomic E-state index is 0.194. The van der Waals surface area contributed by atoms with Crippen LogP contribution in [0.25, 0.3) is 11.2 Å². The lowest BCUT2D eigenvalue weighted by molar-refractivity contribution is -0.167. The van der Waals surface area contributed by atoms with Crippen molar-refractivity contribution in [3.05, 3.63) is 35.0 Å². The number of nitrogens with zero attached hydrogens (tertiary/aromatic N) is 4. The van der Waals surface area contributed by atoms with Gasteiger partial charge in [0, 0.05) is 11.4 Å². The van der Waals surface area contributed by atoms with Gasteiger partial charge in [0.1, 0.15) is 36.5 Å². The van der Waals surface area contributed by atoms with Crippen LogP contribution in [0.5, 0.6) is 0 Å². The molecule has 0 radical (unpaired) electrons. The Hall–Kier alpha value is -2.15. The molecular weight excluding hydrogens is 372 g/mol. The molecule has 0 aromatic carbocycles. The van der Waals surface area contributed by atoms with Crippen molar-refractivity contribution in [2.24, 2.45) is 0 Å².